The molecule has 0 aliphatic heterocycles. The Kier molecular flexibility index (Phi) is 6.70. The number of pyridine rings is 1. The first kappa shape index (κ1) is 31.5. The van der Waals surface area contributed by atoms with E-state index in [1.165, 1.54) is 70.7 Å². The molecule has 0 saturated heterocycles. The van der Waals surface area contributed by atoms with Crippen molar-refractivity contribution >= 4 is 70.6 Å². The number of rotatable bonds is 5. The molecule has 0 amide bonds. The van der Waals surface area contributed by atoms with Gasteiger partial charge < -0.3 is 4.57 Å². The van der Waals surface area contributed by atoms with Crippen LogP contribution in [-0.2, 0) is 0 Å². The lowest BCUT2D eigenvalue weighted by Crippen LogP contribution is -1.93. The molecule has 3 heteroatoms. The van der Waals surface area contributed by atoms with E-state index in [4.69, 9.17) is 11.6 Å². The van der Waals surface area contributed by atoms with E-state index in [1.54, 1.807) is 0 Å². The highest BCUT2D eigenvalue weighted by atomic mass is 15.0. The second-order valence-electron chi connectivity index (χ2n) is 15.1. The fourth-order valence-electron chi connectivity index (χ4n) is 9.21. The number of aromatic nitrogens is 2. The van der Waals surface area contributed by atoms with Gasteiger partial charge in [-0.1, -0.05) is 115 Å². The average molecular weight is 722 g/mol. The molecule has 3 nitrogen and oxygen atoms in total. The van der Waals surface area contributed by atoms with Gasteiger partial charge in [-0.15, -0.1) is 0 Å². The third kappa shape index (κ3) is 4.88. The van der Waals surface area contributed by atoms with Crippen molar-refractivity contribution in [2.75, 3.05) is 0 Å². The maximum absolute atomic E-state index is 7.79. The van der Waals surface area contributed by atoms with E-state index in [0.717, 1.165) is 44.6 Å². The van der Waals surface area contributed by atoms with Gasteiger partial charge in [-0.25, -0.2) is 9.83 Å². The summed E-state index contributed by atoms with van der Waals surface area (Å²) in [5.41, 5.74) is 12.9. The Balaban J connectivity index is 0.934. The van der Waals surface area contributed by atoms with Gasteiger partial charge in [0.05, 0.1) is 23.5 Å². The standard InChI is InChI=1S/C54H31N3/c1-55-45-30-41-24-23-40-27-43(31-49-53(40)54(41)50(32-45)57(49)46-11-6-3-7-12-46)34-17-15-33(16-18-34)42-25-36-19-21-38-28-44(29-39-22-20-37(26-42)51(36)52(38)39)48-14-8-13-47(56-48)35-9-4-2-5-10-35/h2-32H. The predicted octanol–water partition coefficient (Wildman–Crippen LogP) is 14.9. The van der Waals surface area contributed by atoms with Crippen LogP contribution in [0.1, 0.15) is 0 Å². The monoisotopic (exact) mass is 721 g/mol. The van der Waals surface area contributed by atoms with Crippen LogP contribution in [0.2, 0.25) is 0 Å². The molecule has 0 N–H and O–H groups in total. The molecule has 0 atom stereocenters. The summed E-state index contributed by atoms with van der Waals surface area (Å²) in [7, 11) is 0. The molecular weight excluding hydrogens is 691 g/mol. The van der Waals surface area contributed by atoms with E-state index in [9.17, 15) is 0 Å². The van der Waals surface area contributed by atoms with Crippen LogP contribution in [0.25, 0.3) is 120 Å². The fraction of sp³-hybridized carbons (Fsp3) is 0. The van der Waals surface area contributed by atoms with Crippen molar-refractivity contribution in [3.05, 3.63) is 199 Å². The Morgan fingerprint density at radius 1 is 0.351 bits per heavy atom. The van der Waals surface area contributed by atoms with E-state index < -0.39 is 0 Å². The van der Waals surface area contributed by atoms with Crippen LogP contribution in [0.4, 0.5) is 5.69 Å². The summed E-state index contributed by atoms with van der Waals surface area (Å²) in [6, 6.07) is 67.5. The summed E-state index contributed by atoms with van der Waals surface area (Å²) in [5.74, 6) is 0. The number of hydrogen-bond donors (Lipinski definition) is 0. The maximum Gasteiger partial charge on any atom is 0.189 e. The molecule has 262 valence electrons. The molecule has 0 spiro atoms. The van der Waals surface area contributed by atoms with Gasteiger partial charge in [0.15, 0.2) is 5.69 Å². The summed E-state index contributed by atoms with van der Waals surface area (Å²) in [6.07, 6.45) is 0. The van der Waals surface area contributed by atoms with Gasteiger partial charge in [0.2, 0.25) is 0 Å². The normalized spacial score (nSPS) is 11.8. The molecule has 0 unspecified atom stereocenters. The van der Waals surface area contributed by atoms with Crippen LogP contribution in [0.5, 0.6) is 0 Å². The molecule has 2 heterocycles. The minimum absolute atomic E-state index is 0.654. The van der Waals surface area contributed by atoms with Crippen LogP contribution >= 0.6 is 0 Å². The third-order valence-electron chi connectivity index (χ3n) is 11.8. The molecule has 0 bridgehead atoms. The lowest BCUT2D eigenvalue weighted by Gasteiger charge is -2.15. The Bertz CT molecular complexity index is 3490. The fourth-order valence-corrected chi connectivity index (χ4v) is 9.21. The molecule has 12 aromatic rings. The summed E-state index contributed by atoms with van der Waals surface area (Å²) in [5, 5.41) is 12.3. The third-order valence-corrected chi connectivity index (χ3v) is 11.8. The first-order chi connectivity index (χ1) is 28.2. The van der Waals surface area contributed by atoms with Gasteiger partial charge in [-0.2, -0.15) is 0 Å². The Hall–Kier alpha value is -7.80. The van der Waals surface area contributed by atoms with Crippen molar-refractivity contribution in [2.45, 2.75) is 0 Å². The smallest absolute Gasteiger partial charge is 0.189 e. The zero-order valence-corrected chi connectivity index (χ0v) is 30.7. The number of nitrogens with zero attached hydrogens (tertiary/aromatic N) is 3. The SMILES string of the molecule is [C-]#[N+]c1cc2ccc3cc(-c4ccc(-c5cc6ccc7cc(-c8cccc(-c9ccccc9)n8)cc8ccc(c5)c6c78)cc4)cc4c3c2c(c1)n4-c1ccccc1. The Morgan fingerprint density at radius 3 is 1.37 bits per heavy atom. The van der Waals surface area contributed by atoms with Gasteiger partial charge in [-0.3, -0.25) is 0 Å². The van der Waals surface area contributed by atoms with Crippen molar-refractivity contribution in [3.8, 4) is 50.5 Å². The number of hydrogen-bond acceptors (Lipinski definition) is 1. The molecule has 0 saturated carbocycles. The van der Waals surface area contributed by atoms with Gasteiger partial charge >= 0.3 is 0 Å². The Labute approximate surface area is 328 Å². The average Bonchev–Trinajstić information content (AvgIpc) is 3.62. The molecule has 57 heavy (non-hydrogen) atoms. The van der Waals surface area contributed by atoms with Gasteiger partial charge in [0.25, 0.3) is 0 Å². The molecule has 2 aromatic heterocycles. The summed E-state index contributed by atoms with van der Waals surface area (Å²) >= 11 is 0. The van der Waals surface area contributed by atoms with Gasteiger partial charge in [0, 0.05) is 33.1 Å². The lowest BCUT2D eigenvalue weighted by atomic mass is 9.89. The molecule has 10 aromatic carbocycles. The first-order valence-electron chi connectivity index (χ1n) is 19.3. The molecule has 0 fully saturated rings. The second kappa shape index (κ2) is 12.1. The van der Waals surface area contributed by atoms with Crippen molar-refractivity contribution < 1.29 is 0 Å². The largest absolute Gasteiger partial charge is 0.310 e. The first-order valence-corrected chi connectivity index (χ1v) is 19.3. The zero-order valence-electron chi connectivity index (χ0n) is 30.7. The summed E-state index contributed by atoms with van der Waals surface area (Å²) in [4.78, 5) is 8.88. The number of benzene rings is 10. The maximum atomic E-state index is 7.79. The lowest BCUT2D eigenvalue weighted by molar-refractivity contribution is 1.18. The minimum Gasteiger partial charge on any atom is -0.310 e. The van der Waals surface area contributed by atoms with E-state index >= 15 is 0 Å². The number of para-hydroxylation sites is 1. The summed E-state index contributed by atoms with van der Waals surface area (Å²) < 4.78 is 2.32. The van der Waals surface area contributed by atoms with E-state index in [-0.39, 0.29) is 0 Å². The van der Waals surface area contributed by atoms with Crippen molar-refractivity contribution in [1.82, 2.24) is 9.55 Å². The van der Waals surface area contributed by atoms with Crippen LogP contribution in [0.15, 0.2) is 188 Å². The predicted molar refractivity (Wildman–Crippen MR) is 239 cm³/mol. The van der Waals surface area contributed by atoms with Crippen molar-refractivity contribution in [1.29, 1.82) is 0 Å². The minimum atomic E-state index is 0.654. The molecule has 0 aliphatic carbocycles. The van der Waals surface area contributed by atoms with Gasteiger partial charge in [0.1, 0.15) is 0 Å². The topological polar surface area (TPSA) is 22.2 Å². The highest BCUT2D eigenvalue weighted by Gasteiger charge is 2.19. The van der Waals surface area contributed by atoms with Crippen LogP contribution in [-0.4, -0.2) is 9.55 Å². The molecule has 12 rings (SSSR count). The Morgan fingerprint density at radius 2 is 0.807 bits per heavy atom. The van der Waals surface area contributed by atoms with E-state index in [0.29, 0.717) is 5.69 Å². The molecular formula is C54H31N3. The quantitative estimate of drug-likeness (QED) is 0.128. The summed E-state index contributed by atoms with van der Waals surface area (Å²) in [6.45, 7) is 7.79. The highest BCUT2D eigenvalue weighted by Crippen LogP contribution is 2.44. The highest BCUT2D eigenvalue weighted by molar-refractivity contribution is 6.26. The van der Waals surface area contributed by atoms with Crippen molar-refractivity contribution in [2.24, 2.45) is 0 Å². The zero-order chi connectivity index (χ0) is 37.6. The van der Waals surface area contributed by atoms with Crippen molar-refractivity contribution in [3.63, 3.8) is 0 Å². The second-order valence-corrected chi connectivity index (χ2v) is 15.1. The van der Waals surface area contributed by atoms with Crippen LogP contribution in [0.3, 0.4) is 0 Å². The molecule has 0 radical (unpaired) electrons. The van der Waals surface area contributed by atoms with E-state index in [2.05, 4.69) is 173 Å². The van der Waals surface area contributed by atoms with Crippen LogP contribution < -0.4 is 0 Å². The van der Waals surface area contributed by atoms with E-state index in [1.807, 2.05) is 24.3 Å². The van der Waals surface area contributed by atoms with Crippen LogP contribution in [0, 0.1) is 6.57 Å². The molecule has 0 aliphatic rings. The van der Waals surface area contributed by atoms with Gasteiger partial charge in [-0.05, 0) is 138 Å².